The molecule has 0 radical (unpaired) electrons. The topological polar surface area (TPSA) is 57.6 Å². The molecule has 1 aliphatic rings. The summed E-state index contributed by atoms with van der Waals surface area (Å²) in [6.07, 6.45) is 5.04. The Morgan fingerprint density at radius 3 is 2.67 bits per heavy atom. The summed E-state index contributed by atoms with van der Waals surface area (Å²) in [5.41, 5.74) is 0.699. The van der Waals surface area contributed by atoms with Gasteiger partial charge in [-0.05, 0) is 30.2 Å². The Bertz CT molecular complexity index is 410. The first-order chi connectivity index (χ1) is 8.66. The molecule has 0 atom stereocenters. The summed E-state index contributed by atoms with van der Waals surface area (Å²) in [4.78, 5) is 24.4. The van der Waals surface area contributed by atoms with Gasteiger partial charge in [0.2, 0.25) is 5.91 Å². The standard InChI is InChI=1S/C13H17NO3S/c15-12(7-10-3-1-2-4-10)14(8-13(16)17)11-5-6-18-9-11/h5-6,9-10H,1-4,7-8H2,(H,16,17). The predicted octanol–water partition coefficient (Wildman–Crippen LogP) is 2.75. The van der Waals surface area contributed by atoms with E-state index in [9.17, 15) is 9.59 Å². The van der Waals surface area contributed by atoms with Crippen LogP contribution in [0, 0.1) is 5.92 Å². The molecule has 1 aliphatic carbocycles. The normalized spacial score (nSPS) is 15.8. The molecule has 0 aliphatic heterocycles. The molecule has 0 aromatic carbocycles. The van der Waals surface area contributed by atoms with Gasteiger partial charge >= 0.3 is 5.97 Å². The van der Waals surface area contributed by atoms with Gasteiger partial charge in [-0.1, -0.05) is 12.8 Å². The predicted molar refractivity (Wildman–Crippen MR) is 70.9 cm³/mol. The Hall–Kier alpha value is -1.36. The van der Waals surface area contributed by atoms with Crippen molar-refractivity contribution in [1.29, 1.82) is 0 Å². The van der Waals surface area contributed by atoms with Crippen LogP contribution in [0.25, 0.3) is 0 Å². The Morgan fingerprint density at radius 2 is 2.11 bits per heavy atom. The zero-order valence-electron chi connectivity index (χ0n) is 10.2. The first-order valence-corrected chi connectivity index (χ1v) is 7.15. The van der Waals surface area contributed by atoms with E-state index in [1.807, 2.05) is 10.8 Å². The fourth-order valence-electron chi connectivity index (χ4n) is 2.44. The molecule has 1 fully saturated rings. The minimum Gasteiger partial charge on any atom is -0.480 e. The van der Waals surface area contributed by atoms with Crippen LogP contribution in [-0.2, 0) is 9.59 Å². The van der Waals surface area contributed by atoms with Crippen molar-refractivity contribution in [2.24, 2.45) is 5.92 Å². The lowest BCUT2D eigenvalue weighted by atomic mass is 10.0. The van der Waals surface area contributed by atoms with Crippen LogP contribution < -0.4 is 4.90 Å². The first kappa shape index (κ1) is 13.1. The average Bonchev–Trinajstić information content (AvgIpc) is 2.97. The summed E-state index contributed by atoms with van der Waals surface area (Å²) in [5.74, 6) is -0.601. The van der Waals surface area contributed by atoms with E-state index in [4.69, 9.17) is 5.11 Å². The maximum atomic E-state index is 12.2. The fourth-order valence-corrected chi connectivity index (χ4v) is 3.08. The highest BCUT2D eigenvalue weighted by Gasteiger charge is 2.24. The lowest BCUT2D eigenvalue weighted by Crippen LogP contribution is -2.36. The molecule has 0 bridgehead atoms. The summed E-state index contributed by atoms with van der Waals surface area (Å²) < 4.78 is 0. The van der Waals surface area contributed by atoms with Gasteiger partial charge in [0.15, 0.2) is 0 Å². The van der Waals surface area contributed by atoms with E-state index in [-0.39, 0.29) is 12.5 Å². The molecular weight excluding hydrogens is 250 g/mol. The molecule has 1 amide bonds. The molecule has 1 aromatic rings. The monoisotopic (exact) mass is 267 g/mol. The van der Waals surface area contributed by atoms with Crippen LogP contribution in [0.1, 0.15) is 32.1 Å². The number of carboxylic acid groups (broad SMARTS) is 1. The molecule has 4 nitrogen and oxygen atoms in total. The van der Waals surface area contributed by atoms with E-state index in [0.29, 0.717) is 18.0 Å². The molecule has 1 aromatic heterocycles. The third kappa shape index (κ3) is 3.32. The number of anilines is 1. The van der Waals surface area contributed by atoms with Crippen LogP contribution in [0.3, 0.4) is 0 Å². The number of nitrogens with zero attached hydrogens (tertiary/aromatic N) is 1. The zero-order valence-corrected chi connectivity index (χ0v) is 11.0. The van der Waals surface area contributed by atoms with Gasteiger partial charge in [-0.15, -0.1) is 0 Å². The molecule has 0 saturated heterocycles. The molecule has 0 spiro atoms. The van der Waals surface area contributed by atoms with Crippen LogP contribution in [0.4, 0.5) is 5.69 Å². The molecule has 2 rings (SSSR count). The first-order valence-electron chi connectivity index (χ1n) is 6.21. The number of carbonyl (C=O) groups excluding carboxylic acids is 1. The Kier molecular flexibility index (Phi) is 4.36. The van der Waals surface area contributed by atoms with Gasteiger partial charge in [-0.3, -0.25) is 9.59 Å². The highest BCUT2D eigenvalue weighted by molar-refractivity contribution is 7.08. The Balaban J connectivity index is 2.03. The van der Waals surface area contributed by atoms with Gasteiger partial charge in [0, 0.05) is 11.8 Å². The van der Waals surface area contributed by atoms with E-state index in [0.717, 1.165) is 12.8 Å². The third-order valence-electron chi connectivity index (χ3n) is 3.35. The van der Waals surface area contributed by atoms with E-state index >= 15 is 0 Å². The smallest absolute Gasteiger partial charge is 0.323 e. The van der Waals surface area contributed by atoms with Crippen LogP contribution in [0.2, 0.25) is 0 Å². The molecule has 5 heteroatoms. The molecule has 18 heavy (non-hydrogen) atoms. The van der Waals surface area contributed by atoms with Crippen LogP contribution >= 0.6 is 11.3 Å². The van der Waals surface area contributed by atoms with Crippen molar-refractivity contribution in [1.82, 2.24) is 0 Å². The van der Waals surface area contributed by atoms with Crippen molar-refractivity contribution in [3.05, 3.63) is 16.8 Å². The maximum absolute atomic E-state index is 12.2. The highest BCUT2D eigenvalue weighted by Crippen LogP contribution is 2.29. The molecule has 0 unspecified atom stereocenters. The van der Waals surface area contributed by atoms with Gasteiger partial charge in [-0.25, -0.2) is 0 Å². The summed E-state index contributed by atoms with van der Waals surface area (Å²) in [6, 6.07) is 1.79. The van der Waals surface area contributed by atoms with E-state index in [2.05, 4.69) is 0 Å². The summed E-state index contributed by atoms with van der Waals surface area (Å²) in [6.45, 7) is -0.248. The van der Waals surface area contributed by atoms with Crippen molar-refractivity contribution >= 4 is 28.9 Å². The quantitative estimate of drug-likeness (QED) is 0.892. The summed E-state index contributed by atoms with van der Waals surface area (Å²) >= 11 is 1.47. The molecule has 1 N–H and O–H groups in total. The van der Waals surface area contributed by atoms with Crippen molar-refractivity contribution < 1.29 is 14.7 Å². The van der Waals surface area contributed by atoms with E-state index < -0.39 is 5.97 Å². The second kappa shape index (κ2) is 6.00. The number of aliphatic carboxylic acids is 1. The van der Waals surface area contributed by atoms with Crippen molar-refractivity contribution in [2.75, 3.05) is 11.4 Å². The number of thiophene rings is 1. The summed E-state index contributed by atoms with van der Waals surface area (Å²) in [5, 5.41) is 12.6. The number of rotatable bonds is 5. The number of hydrogen-bond donors (Lipinski definition) is 1. The SMILES string of the molecule is O=C(O)CN(C(=O)CC1CCCC1)c1ccsc1. The Morgan fingerprint density at radius 1 is 1.39 bits per heavy atom. The average molecular weight is 267 g/mol. The van der Waals surface area contributed by atoms with E-state index in [1.165, 1.54) is 29.1 Å². The highest BCUT2D eigenvalue weighted by atomic mass is 32.1. The van der Waals surface area contributed by atoms with Crippen LogP contribution in [0.15, 0.2) is 16.8 Å². The minimum absolute atomic E-state index is 0.0669. The number of carbonyl (C=O) groups is 2. The zero-order chi connectivity index (χ0) is 13.0. The lowest BCUT2D eigenvalue weighted by Gasteiger charge is -2.21. The largest absolute Gasteiger partial charge is 0.480 e. The van der Waals surface area contributed by atoms with Crippen LogP contribution in [0.5, 0.6) is 0 Å². The van der Waals surface area contributed by atoms with Gasteiger partial charge < -0.3 is 10.0 Å². The minimum atomic E-state index is -0.971. The second-order valence-corrected chi connectivity index (χ2v) is 5.49. The number of carboxylic acids is 1. The molecule has 1 heterocycles. The Labute approximate surface area is 110 Å². The van der Waals surface area contributed by atoms with Gasteiger partial charge in [0.1, 0.15) is 6.54 Å². The second-order valence-electron chi connectivity index (χ2n) is 4.71. The fraction of sp³-hybridized carbons (Fsp3) is 0.538. The third-order valence-corrected chi connectivity index (χ3v) is 4.02. The number of hydrogen-bond acceptors (Lipinski definition) is 3. The molecule has 98 valence electrons. The van der Waals surface area contributed by atoms with Crippen LogP contribution in [-0.4, -0.2) is 23.5 Å². The van der Waals surface area contributed by atoms with Crippen molar-refractivity contribution in [2.45, 2.75) is 32.1 Å². The number of amides is 1. The van der Waals surface area contributed by atoms with Gasteiger partial charge in [0.25, 0.3) is 0 Å². The summed E-state index contributed by atoms with van der Waals surface area (Å²) in [7, 11) is 0. The lowest BCUT2D eigenvalue weighted by molar-refractivity contribution is -0.136. The van der Waals surface area contributed by atoms with E-state index in [1.54, 1.807) is 6.07 Å². The molecule has 1 saturated carbocycles. The van der Waals surface area contributed by atoms with Gasteiger partial charge in [-0.2, -0.15) is 11.3 Å². The maximum Gasteiger partial charge on any atom is 0.323 e. The van der Waals surface area contributed by atoms with Crippen molar-refractivity contribution in [3.8, 4) is 0 Å². The molecular formula is C13H17NO3S. The van der Waals surface area contributed by atoms with Crippen molar-refractivity contribution in [3.63, 3.8) is 0 Å². The van der Waals surface area contributed by atoms with Gasteiger partial charge in [0.05, 0.1) is 5.69 Å².